The van der Waals surface area contributed by atoms with E-state index in [0.29, 0.717) is 32.7 Å². The lowest BCUT2D eigenvalue weighted by atomic mass is 10.0. The molecule has 0 saturated heterocycles. The van der Waals surface area contributed by atoms with Crippen LogP contribution in [-0.4, -0.2) is 56.9 Å². The minimum Gasteiger partial charge on any atom is -0.381 e. The number of ether oxygens (including phenoxy) is 3. The molecule has 0 bridgehead atoms. The number of alkyl halides is 1. The predicted octanol–water partition coefficient (Wildman–Crippen LogP) is 3.92. The quantitative estimate of drug-likeness (QED) is 0.339. The molecule has 0 aliphatic heterocycles. The highest BCUT2D eigenvalue weighted by atomic mass is 19.1. The smallest absolute Gasteiger partial charge is 0.158 e. The molecule has 0 aliphatic rings. The van der Waals surface area contributed by atoms with Crippen molar-refractivity contribution in [3.63, 3.8) is 0 Å². The van der Waals surface area contributed by atoms with Gasteiger partial charge >= 0.3 is 0 Å². The van der Waals surface area contributed by atoms with Crippen LogP contribution in [0.25, 0.3) is 0 Å². The maximum absolute atomic E-state index is 13.6. The van der Waals surface area contributed by atoms with E-state index in [1.165, 1.54) is 0 Å². The molecule has 154 valence electrons. The first-order chi connectivity index (χ1) is 12.3. The van der Waals surface area contributed by atoms with E-state index in [2.05, 4.69) is 0 Å². The lowest BCUT2D eigenvalue weighted by Crippen LogP contribution is -2.15. The van der Waals surface area contributed by atoms with Crippen molar-refractivity contribution in [2.24, 2.45) is 5.92 Å². The number of carbonyl (C=O) groups excluding carboxylic acids is 2. The molecule has 0 saturated carbocycles. The third-order valence-corrected chi connectivity index (χ3v) is 3.80. The van der Waals surface area contributed by atoms with Crippen LogP contribution in [-0.2, 0) is 23.8 Å². The second-order valence-corrected chi connectivity index (χ2v) is 7.15. The number of hydrogen-bond donors (Lipinski definition) is 0. The zero-order valence-electron chi connectivity index (χ0n) is 16.9. The van der Waals surface area contributed by atoms with Crippen LogP contribution in [0.1, 0.15) is 66.2 Å². The second-order valence-electron chi connectivity index (χ2n) is 7.15. The fraction of sp³-hybridized carbons (Fsp3) is 0.900. The summed E-state index contributed by atoms with van der Waals surface area (Å²) >= 11 is 0. The zero-order valence-corrected chi connectivity index (χ0v) is 16.9. The lowest BCUT2D eigenvalue weighted by Gasteiger charge is -2.10. The SMILES string of the molecule is CC(C)OCC(=O)CCCCOCCCOCC(F)CCC(=O)C(C)C. The monoisotopic (exact) mass is 376 g/mol. The summed E-state index contributed by atoms with van der Waals surface area (Å²) in [5.41, 5.74) is 0. The van der Waals surface area contributed by atoms with Gasteiger partial charge in [0, 0.05) is 38.6 Å². The molecule has 1 atom stereocenters. The summed E-state index contributed by atoms with van der Waals surface area (Å²) in [5.74, 6) is 0.185. The van der Waals surface area contributed by atoms with Gasteiger partial charge < -0.3 is 14.2 Å². The summed E-state index contributed by atoms with van der Waals surface area (Å²) in [6.07, 6.45) is 2.37. The Balaban J connectivity index is 3.33. The molecule has 0 rings (SSSR count). The summed E-state index contributed by atoms with van der Waals surface area (Å²) in [5, 5.41) is 0. The molecule has 0 aromatic rings. The highest BCUT2D eigenvalue weighted by Gasteiger charge is 2.12. The van der Waals surface area contributed by atoms with Crippen molar-refractivity contribution in [2.45, 2.75) is 78.5 Å². The fourth-order valence-electron chi connectivity index (χ4n) is 2.11. The van der Waals surface area contributed by atoms with E-state index in [0.717, 1.165) is 12.8 Å². The number of Topliss-reactive ketones (excluding diaryl/α,β-unsaturated/α-hetero) is 2. The molecule has 0 heterocycles. The summed E-state index contributed by atoms with van der Waals surface area (Å²) in [6, 6.07) is 0. The molecule has 0 radical (unpaired) electrons. The van der Waals surface area contributed by atoms with Gasteiger partial charge in [-0.1, -0.05) is 13.8 Å². The topological polar surface area (TPSA) is 61.8 Å². The number of rotatable bonds is 18. The second kappa shape index (κ2) is 16.3. The van der Waals surface area contributed by atoms with E-state index < -0.39 is 6.17 Å². The van der Waals surface area contributed by atoms with Crippen LogP contribution in [0.15, 0.2) is 0 Å². The third kappa shape index (κ3) is 16.6. The van der Waals surface area contributed by atoms with Crippen molar-refractivity contribution in [1.29, 1.82) is 0 Å². The molecule has 0 aliphatic carbocycles. The van der Waals surface area contributed by atoms with E-state index in [1.807, 2.05) is 27.7 Å². The van der Waals surface area contributed by atoms with Crippen LogP contribution >= 0.6 is 0 Å². The predicted molar refractivity (Wildman–Crippen MR) is 100 cm³/mol. The van der Waals surface area contributed by atoms with Crippen LogP contribution in [0.2, 0.25) is 0 Å². The molecule has 0 fully saturated rings. The number of hydrogen-bond acceptors (Lipinski definition) is 5. The molecule has 1 unspecified atom stereocenters. The van der Waals surface area contributed by atoms with E-state index >= 15 is 0 Å². The molecule has 0 amide bonds. The van der Waals surface area contributed by atoms with Gasteiger partial charge in [0.1, 0.15) is 18.6 Å². The highest BCUT2D eigenvalue weighted by molar-refractivity contribution is 5.80. The van der Waals surface area contributed by atoms with Gasteiger partial charge in [0.25, 0.3) is 0 Å². The van der Waals surface area contributed by atoms with Crippen molar-refractivity contribution in [3.05, 3.63) is 0 Å². The number of carbonyl (C=O) groups is 2. The van der Waals surface area contributed by atoms with Crippen molar-refractivity contribution < 1.29 is 28.2 Å². The first kappa shape index (κ1) is 25.1. The van der Waals surface area contributed by atoms with Crippen molar-refractivity contribution in [2.75, 3.05) is 33.0 Å². The number of halogens is 1. The molecule has 0 spiro atoms. The molecule has 0 N–H and O–H groups in total. The van der Waals surface area contributed by atoms with Crippen molar-refractivity contribution >= 4 is 11.6 Å². The Morgan fingerprint density at radius 3 is 2.19 bits per heavy atom. The fourth-order valence-corrected chi connectivity index (χ4v) is 2.11. The van der Waals surface area contributed by atoms with Crippen molar-refractivity contribution in [3.8, 4) is 0 Å². The van der Waals surface area contributed by atoms with Gasteiger partial charge in [0.15, 0.2) is 5.78 Å². The van der Waals surface area contributed by atoms with Gasteiger partial charge in [0.2, 0.25) is 0 Å². The van der Waals surface area contributed by atoms with Crippen LogP contribution in [0.5, 0.6) is 0 Å². The molecule has 6 heteroatoms. The van der Waals surface area contributed by atoms with E-state index in [1.54, 1.807) is 0 Å². The minimum atomic E-state index is -1.09. The number of ketones is 2. The molecule has 26 heavy (non-hydrogen) atoms. The molecule has 5 nitrogen and oxygen atoms in total. The van der Waals surface area contributed by atoms with Gasteiger partial charge in [0.05, 0.1) is 12.7 Å². The average Bonchev–Trinajstić information content (AvgIpc) is 2.59. The Bertz CT molecular complexity index is 371. The number of unbranched alkanes of at least 4 members (excludes halogenated alkanes) is 1. The van der Waals surface area contributed by atoms with Crippen LogP contribution in [0.3, 0.4) is 0 Å². The summed E-state index contributed by atoms with van der Waals surface area (Å²) in [4.78, 5) is 22.9. The van der Waals surface area contributed by atoms with Crippen LogP contribution in [0, 0.1) is 5.92 Å². The summed E-state index contributed by atoms with van der Waals surface area (Å²) in [6.45, 7) is 9.32. The Labute approximate surface area is 158 Å². The standard InChI is InChI=1S/C20H37FO5/c1-16(2)20(23)10-9-18(21)14-25-13-7-12-24-11-6-5-8-19(22)15-26-17(3)4/h16-18H,5-15H2,1-4H3. The van der Waals surface area contributed by atoms with Gasteiger partial charge in [-0.25, -0.2) is 4.39 Å². The van der Waals surface area contributed by atoms with E-state index in [4.69, 9.17) is 14.2 Å². The largest absolute Gasteiger partial charge is 0.381 e. The zero-order chi connectivity index (χ0) is 19.8. The third-order valence-electron chi connectivity index (χ3n) is 3.80. The Morgan fingerprint density at radius 1 is 0.885 bits per heavy atom. The van der Waals surface area contributed by atoms with E-state index in [-0.39, 0.29) is 49.6 Å². The molecular weight excluding hydrogens is 339 g/mol. The van der Waals surface area contributed by atoms with Gasteiger partial charge in [-0.3, -0.25) is 9.59 Å². The van der Waals surface area contributed by atoms with Gasteiger partial charge in [-0.2, -0.15) is 0 Å². The summed E-state index contributed by atoms with van der Waals surface area (Å²) in [7, 11) is 0. The summed E-state index contributed by atoms with van der Waals surface area (Å²) < 4.78 is 29.5. The van der Waals surface area contributed by atoms with Crippen LogP contribution in [0.4, 0.5) is 4.39 Å². The first-order valence-electron chi connectivity index (χ1n) is 9.78. The maximum atomic E-state index is 13.6. The first-order valence-corrected chi connectivity index (χ1v) is 9.78. The van der Waals surface area contributed by atoms with E-state index in [9.17, 15) is 14.0 Å². The maximum Gasteiger partial charge on any atom is 0.158 e. The Hall–Kier alpha value is -0.850. The van der Waals surface area contributed by atoms with Gasteiger partial charge in [-0.05, 0) is 39.5 Å². The van der Waals surface area contributed by atoms with Gasteiger partial charge in [-0.15, -0.1) is 0 Å². The highest BCUT2D eigenvalue weighted by Crippen LogP contribution is 2.08. The molecule has 0 aromatic heterocycles. The Kier molecular flexibility index (Phi) is 15.8. The molecule has 0 aromatic carbocycles. The average molecular weight is 377 g/mol. The lowest BCUT2D eigenvalue weighted by molar-refractivity contribution is -0.125. The van der Waals surface area contributed by atoms with Crippen LogP contribution < -0.4 is 0 Å². The van der Waals surface area contributed by atoms with Crippen molar-refractivity contribution in [1.82, 2.24) is 0 Å². The Morgan fingerprint density at radius 2 is 1.54 bits per heavy atom. The normalized spacial score (nSPS) is 12.7. The minimum absolute atomic E-state index is 0.0337. The molecular formula is C20H37FO5.